The SMILES string of the molecule is O=C1CCCC2=C1C(c1ccc(Cl)cc1Cl)n1nc(SCc3ccc([N+](=O)[O-])cc3)nc1N2. The number of hydrogen-bond acceptors (Lipinski definition) is 7. The van der Waals surface area contributed by atoms with Crippen LogP contribution in [0.1, 0.15) is 36.4 Å². The topological polar surface area (TPSA) is 103 Å². The monoisotopic (exact) mass is 501 g/mol. The number of nitrogens with one attached hydrogen (secondary N) is 1. The zero-order chi connectivity index (χ0) is 23.1. The number of ketones is 1. The smallest absolute Gasteiger partial charge is 0.269 e. The summed E-state index contributed by atoms with van der Waals surface area (Å²) in [5, 5.41) is 20.3. The number of Topliss-reactive ketones (excluding diaryl/α,β-unsaturated/α-hetero) is 1. The Hall–Kier alpha value is -2.88. The molecule has 2 aliphatic rings. The molecule has 168 valence electrons. The molecule has 0 spiro atoms. The van der Waals surface area contributed by atoms with Gasteiger partial charge in [-0.1, -0.05) is 53.2 Å². The fourth-order valence-electron chi connectivity index (χ4n) is 4.07. The molecule has 0 amide bonds. The normalized spacial score (nSPS) is 17.4. The van der Waals surface area contributed by atoms with Gasteiger partial charge in [0.1, 0.15) is 6.04 Å². The van der Waals surface area contributed by atoms with Crippen LogP contribution < -0.4 is 5.32 Å². The number of thioether (sulfide) groups is 1. The maximum Gasteiger partial charge on any atom is 0.269 e. The molecular formula is C22H17Cl2N5O3S. The molecule has 1 aliphatic carbocycles. The number of nitro benzene ring substituents is 1. The summed E-state index contributed by atoms with van der Waals surface area (Å²) in [4.78, 5) is 28.0. The van der Waals surface area contributed by atoms with E-state index in [9.17, 15) is 14.9 Å². The van der Waals surface area contributed by atoms with Gasteiger partial charge in [0, 0.05) is 51.2 Å². The lowest BCUT2D eigenvalue weighted by atomic mass is 9.85. The van der Waals surface area contributed by atoms with E-state index < -0.39 is 11.0 Å². The number of nitro groups is 1. The van der Waals surface area contributed by atoms with Crippen LogP contribution in [0.25, 0.3) is 0 Å². The Morgan fingerprint density at radius 2 is 1.97 bits per heavy atom. The predicted molar refractivity (Wildman–Crippen MR) is 127 cm³/mol. The van der Waals surface area contributed by atoms with Gasteiger partial charge in [0.25, 0.3) is 5.69 Å². The largest absolute Gasteiger partial charge is 0.328 e. The third kappa shape index (κ3) is 4.23. The van der Waals surface area contributed by atoms with E-state index in [1.54, 1.807) is 28.9 Å². The minimum atomic E-state index is -0.491. The third-order valence-corrected chi connectivity index (χ3v) is 7.09. The maximum absolute atomic E-state index is 12.9. The molecule has 2 aromatic carbocycles. The summed E-state index contributed by atoms with van der Waals surface area (Å²) in [6, 6.07) is 11.1. The molecule has 2 heterocycles. The number of allylic oxidation sites excluding steroid dienone is 2. The van der Waals surface area contributed by atoms with Crippen molar-refractivity contribution in [2.24, 2.45) is 0 Å². The van der Waals surface area contributed by atoms with Crippen LogP contribution in [-0.2, 0) is 10.5 Å². The van der Waals surface area contributed by atoms with E-state index in [0.717, 1.165) is 29.7 Å². The molecule has 5 rings (SSSR count). The first-order valence-electron chi connectivity index (χ1n) is 10.2. The van der Waals surface area contributed by atoms with E-state index in [1.807, 2.05) is 6.07 Å². The van der Waals surface area contributed by atoms with Crippen molar-refractivity contribution < 1.29 is 9.72 Å². The number of benzene rings is 2. The molecule has 1 atom stereocenters. The van der Waals surface area contributed by atoms with E-state index >= 15 is 0 Å². The van der Waals surface area contributed by atoms with Gasteiger partial charge in [-0.25, -0.2) is 4.68 Å². The van der Waals surface area contributed by atoms with E-state index in [2.05, 4.69) is 15.4 Å². The lowest BCUT2D eigenvalue weighted by molar-refractivity contribution is -0.384. The van der Waals surface area contributed by atoms with Crippen molar-refractivity contribution in [1.29, 1.82) is 0 Å². The van der Waals surface area contributed by atoms with Gasteiger partial charge in [-0.15, -0.1) is 5.10 Å². The highest BCUT2D eigenvalue weighted by atomic mass is 35.5. The number of hydrogen-bond donors (Lipinski definition) is 1. The van der Waals surface area contributed by atoms with Crippen molar-refractivity contribution in [3.63, 3.8) is 0 Å². The maximum atomic E-state index is 12.9. The van der Waals surface area contributed by atoms with Crippen LogP contribution in [0.2, 0.25) is 10.0 Å². The second kappa shape index (κ2) is 8.81. The van der Waals surface area contributed by atoms with Crippen LogP contribution in [0.3, 0.4) is 0 Å². The average Bonchev–Trinajstić information content (AvgIpc) is 3.20. The van der Waals surface area contributed by atoms with Crippen molar-refractivity contribution in [1.82, 2.24) is 14.8 Å². The van der Waals surface area contributed by atoms with Gasteiger partial charge in [-0.3, -0.25) is 14.9 Å². The molecule has 0 saturated heterocycles. The van der Waals surface area contributed by atoms with E-state index in [-0.39, 0.29) is 11.5 Å². The van der Waals surface area contributed by atoms with Crippen molar-refractivity contribution in [2.75, 3.05) is 5.32 Å². The lowest BCUT2D eigenvalue weighted by Crippen LogP contribution is -2.31. The van der Waals surface area contributed by atoms with Gasteiger partial charge < -0.3 is 5.32 Å². The van der Waals surface area contributed by atoms with Crippen molar-refractivity contribution in [2.45, 2.75) is 36.2 Å². The van der Waals surface area contributed by atoms with Crippen LogP contribution in [0.5, 0.6) is 0 Å². The van der Waals surface area contributed by atoms with Crippen LogP contribution in [0, 0.1) is 10.1 Å². The molecule has 0 fully saturated rings. The fourth-order valence-corrected chi connectivity index (χ4v) is 5.37. The number of anilines is 1. The minimum Gasteiger partial charge on any atom is -0.328 e. The fraction of sp³-hybridized carbons (Fsp3) is 0.227. The van der Waals surface area contributed by atoms with Gasteiger partial charge in [0.05, 0.1) is 4.92 Å². The summed E-state index contributed by atoms with van der Waals surface area (Å²) in [6.45, 7) is 0. The van der Waals surface area contributed by atoms with Crippen LogP contribution in [0.15, 0.2) is 58.9 Å². The highest BCUT2D eigenvalue weighted by molar-refractivity contribution is 7.98. The molecule has 0 bridgehead atoms. The molecule has 1 aliphatic heterocycles. The summed E-state index contributed by atoms with van der Waals surface area (Å²) in [5.74, 6) is 1.16. The number of carbonyl (C=O) groups is 1. The zero-order valence-electron chi connectivity index (χ0n) is 17.1. The molecule has 0 radical (unpaired) electrons. The Balaban J connectivity index is 1.47. The summed E-state index contributed by atoms with van der Waals surface area (Å²) < 4.78 is 1.70. The molecule has 11 heteroatoms. The van der Waals surface area contributed by atoms with E-state index in [4.69, 9.17) is 23.2 Å². The molecule has 1 unspecified atom stereocenters. The minimum absolute atomic E-state index is 0.0486. The van der Waals surface area contributed by atoms with Crippen LogP contribution >= 0.6 is 35.0 Å². The molecular weight excluding hydrogens is 485 g/mol. The average molecular weight is 502 g/mol. The number of fused-ring (bicyclic) bond motifs is 1. The number of non-ortho nitro benzene ring substituents is 1. The first-order valence-corrected chi connectivity index (χ1v) is 12.0. The first-order chi connectivity index (χ1) is 15.9. The molecule has 0 saturated carbocycles. The highest BCUT2D eigenvalue weighted by Gasteiger charge is 2.37. The van der Waals surface area contributed by atoms with E-state index in [0.29, 0.717) is 38.9 Å². The van der Waals surface area contributed by atoms with Crippen molar-refractivity contribution >= 4 is 52.4 Å². The molecule has 33 heavy (non-hydrogen) atoms. The Morgan fingerprint density at radius 3 is 2.70 bits per heavy atom. The number of nitrogens with zero attached hydrogens (tertiary/aromatic N) is 4. The Morgan fingerprint density at radius 1 is 1.18 bits per heavy atom. The molecule has 8 nitrogen and oxygen atoms in total. The van der Waals surface area contributed by atoms with E-state index in [1.165, 1.54) is 23.9 Å². The number of halogens is 2. The number of aromatic nitrogens is 3. The summed E-state index contributed by atoms with van der Waals surface area (Å²) in [5.41, 5.74) is 3.22. The van der Waals surface area contributed by atoms with Gasteiger partial charge in [-0.05, 0) is 30.5 Å². The zero-order valence-corrected chi connectivity index (χ0v) is 19.5. The van der Waals surface area contributed by atoms with Gasteiger partial charge >= 0.3 is 0 Å². The number of rotatable bonds is 5. The summed E-state index contributed by atoms with van der Waals surface area (Å²) in [6.07, 6.45) is 2.01. The predicted octanol–water partition coefficient (Wildman–Crippen LogP) is 5.81. The Kier molecular flexibility index (Phi) is 5.86. The Bertz CT molecular complexity index is 1310. The quantitative estimate of drug-likeness (QED) is 0.267. The lowest BCUT2D eigenvalue weighted by Gasteiger charge is -2.32. The van der Waals surface area contributed by atoms with Crippen molar-refractivity contribution in [3.8, 4) is 0 Å². The summed E-state index contributed by atoms with van der Waals surface area (Å²) in [7, 11) is 0. The van der Waals surface area contributed by atoms with Gasteiger partial charge in [-0.2, -0.15) is 4.98 Å². The number of carbonyl (C=O) groups excluding carboxylic acids is 1. The van der Waals surface area contributed by atoms with Crippen molar-refractivity contribution in [3.05, 3.63) is 85.0 Å². The first kappa shape index (κ1) is 21.9. The van der Waals surface area contributed by atoms with Gasteiger partial charge in [0.2, 0.25) is 11.1 Å². The van der Waals surface area contributed by atoms with Crippen LogP contribution in [0.4, 0.5) is 11.6 Å². The Labute approximate surface area is 203 Å². The third-order valence-electron chi connectivity index (χ3n) is 5.62. The second-order valence-electron chi connectivity index (χ2n) is 7.74. The molecule has 3 aromatic rings. The highest BCUT2D eigenvalue weighted by Crippen LogP contribution is 2.43. The molecule has 1 aromatic heterocycles. The second-order valence-corrected chi connectivity index (χ2v) is 9.52. The summed E-state index contributed by atoms with van der Waals surface area (Å²) >= 11 is 14.0. The van der Waals surface area contributed by atoms with Gasteiger partial charge in [0.15, 0.2) is 5.78 Å². The standard InChI is InChI=1S/C22H17Cl2N5O3S/c23-13-6-9-15(16(24)10-13)20-19-17(2-1-3-18(19)30)25-21-26-22(27-28(20)21)33-11-12-4-7-14(8-5-12)29(31)32/h4-10,20H,1-3,11H2,(H,25,26,27). The molecule has 1 N–H and O–H groups in total. The van der Waals surface area contributed by atoms with Crippen LogP contribution in [-0.4, -0.2) is 25.5 Å².